The fourth-order valence-corrected chi connectivity index (χ4v) is 4.04. The summed E-state index contributed by atoms with van der Waals surface area (Å²) in [6.07, 6.45) is 1.37. The number of hydrogen-bond acceptors (Lipinski definition) is 5. The largest absolute Gasteiger partial charge is 0.478 e. The van der Waals surface area contributed by atoms with Gasteiger partial charge in [0.2, 0.25) is 11.8 Å². The van der Waals surface area contributed by atoms with Gasteiger partial charge in [0.25, 0.3) is 0 Å². The molecule has 1 aromatic carbocycles. The molecule has 2 amide bonds. The predicted molar refractivity (Wildman–Crippen MR) is 94.4 cm³/mol. The molecule has 1 unspecified atom stereocenters. The number of carboxylic acid groups (broad SMARTS) is 1. The van der Waals surface area contributed by atoms with E-state index >= 15 is 0 Å². The van der Waals surface area contributed by atoms with Crippen LogP contribution in [0.25, 0.3) is 0 Å². The summed E-state index contributed by atoms with van der Waals surface area (Å²) in [5, 5.41) is 9.23. The number of hydrogen-bond donors (Lipinski definition) is 1. The fourth-order valence-electron chi connectivity index (χ4n) is 2.42. The smallest absolute Gasteiger partial charge is 0.338 e. The van der Waals surface area contributed by atoms with Crippen molar-refractivity contribution >= 4 is 58.4 Å². The number of aromatic carboxylic acids is 1. The van der Waals surface area contributed by atoms with Crippen molar-refractivity contribution in [2.24, 2.45) is 0 Å². The monoisotopic (exact) mass is 396 g/mol. The number of halogens is 2. The third-order valence-corrected chi connectivity index (χ3v) is 5.10. The van der Waals surface area contributed by atoms with Crippen molar-refractivity contribution in [1.82, 2.24) is 4.98 Å². The van der Waals surface area contributed by atoms with Gasteiger partial charge in [0.05, 0.1) is 16.5 Å². The second-order valence-electron chi connectivity index (χ2n) is 5.17. The average molecular weight is 397 g/mol. The number of carboxylic acids is 1. The molecule has 128 valence electrons. The van der Waals surface area contributed by atoms with Crippen LogP contribution < -0.4 is 4.90 Å². The van der Waals surface area contributed by atoms with Crippen molar-refractivity contribution < 1.29 is 19.5 Å². The van der Waals surface area contributed by atoms with E-state index in [1.54, 1.807) is 0 Å². The summed E-state index contributed by atoms with van der Waals surface area (Å²) in [6, 6.07) is 7.33. The molecule has 1 aliphatic heterocycles. The van der Waals surface area contributed by atoms with Crippen LogP contribution in [0.15, 0.2) is 41.6 Å². The number of amides is 2. The average Bonchev–Trinajstić information content (AvgIpc) is 2.80. The number of aromatic nitrogens is 1. The van der Waals surface area contributed by atoms with Crippen LogP contribution in [0.4, 0.5) is 5.69 Å². The zero-order chi connectivity index (χ0) is 18.1. The van der Waals surface area contributed by atoms with Crippen molar-refractivity contribution in [3.8, 4) is 0 Å². The molecule has 3 rings (SSSR count). The van der Waals surface area contributed by atoms with Gasteiger partial charge in [0, 0.05) is 22.7 Å². The Morgan fingerprint density at radius 1 is 1.24 bits per heavy atom. The molecule has 0 saturated carbocycles. The number of anilines is 1. The molecule has 9 heteroatoms. The highest BCUT2D eigenvalue weighted by Gasteiger charge is 2.41. The fraction of sp³-hybridized carbons (Fsp3) is 0.125. The van der Waals surface area contributed by atoms with E-state index < -0.39 is 23.0 Å². The molecule has 1 fully saturated rings. The topological polar surface area (TPSA) is 87.6 Å². The first kappa shape index (κ1) is 17.7. The summed E-state index contributed by atoms with van der Waals surface area (Å²) in [6.45, 7) is 0. The van der Waals surface area contributed by atoms with Crippen molar-refractivity contribution in [3.63, 3.8) is 0 Å². The van der Waals surface area contributed by atoms with E-state index in [-0.39, 0.29) is 22.7 Å². The summed E-state index contributed by atoms with van der Waals surface area (Å²) in [5.41, 5.74) is 0.270. The third kappa shape index (κ3) is 3.63. The number of nitrogens with zero attached hydrogens (tertiary/aromatic N) is 2. The number of imide groups is 1. The standard InChI is InChI=1S/C16H10Cl2N2O4S/c17-8-4-9(18)6-10(5-8)20-13(21)7-12(15(20)22)25-14-11(16(23)24)2-1-3-19-14/h1-6,12H,7H2,(H,23,24). The molecule has 1 aliphatic rings. The maximum Gasteiger partial charge on any atom is 0.338 e. The Labute approximate surface area is 156 Å². The summed E-state index contributed by atoms with van der Waals surface area (Å²) in [7, 11) is 0. The maximum atomic E-state index is 12.6. The quantitative estimate of drug-likeness (QED) is 0.795. The van der Waals surface area contributed by atoms with Gasteiger partial charge in [0.15, 0.2) is 0 Å². The first-order chi connectivity index (χ1) is 11.9. The minimum absolute atomic E-state index is 0.0167. The van der Waals surface area contributed by atoms with Crippen LogP contribution in [0.1, 0.15) is 16.8 Å². The highest BCUT2D eigenvalue weighted by molar-refractivity contribution is 8.00. The molecule has 25 heavy (non-hydrogen) atoms. The predicted octanol–water partition coefficient (Wildman–Crippen LogP) is 3.51. The van der Waals surface area contributed by atoms with Crippen LogP contribution in [0.5, 0.6) is 0 Å². The van der Waals surface area contributed by atoms with E-state index in [2.05, 4.69) is 4.98 Å². The lowest BCUT2D eigenvalue weighted by atomic mass is 10.3. The first-order valence-corrected chi connectivity index (χ1v) is 8.68. The van der Waals surface area contributed by atoms with Crippen LogP contribution in [0.3, 0.4) is 0 Å². The third-order valence-electron chi connectivity index (χ3n) is 3.47. The molecular weight excluding hydrogens is 387 g/mol. The van der Waals surface area contributed by atoms with Crippen LogP contribution >= 0.6 is 35.0 Å². The molecule has 6 nitrogen and oxygen atoms in total. The molecule has 0 spiro atoms. The van der Waals surface area contributed by atoms with Crippen molar-refractivity contribution in [3.05, 3.63) is 52.1 Å². The molecule has 1 saturated heterocycles. The molecule has 0 bridgehead atoms. The lowest BCUT2D eigenvalue weighted by Gasteiger charge is -2.15. The minimum atomic E-state index is -1.15. The SMILES string of the molecule is O=C(O)c1cccnc1SC1CC(=O)N(c2cc(Cl)cc(Cl)c2)C1=O. The van der Waals surface area contributed by atoms with Gasteiger partial charge in [-0.1, -0.05) is 35.0 Å². The van der Waals surface area contributed by atoms with Crippen molar-refractivity contribution in [1.29, 1.82) is 0 Å². The molecule has 2 heterocycles. The molecule has 1 N–H and O–H groups in total. The van der Waals surface area contributed by atoms with E-state index in [1.807, 2.05) is 0 Å². The molecule has 1 aromatic heterocycles. The van der Waals surface area contributed by atoms with Crippen molar-refractivity contribution in [2.45, 2.75) is 16.7 Å². The number of thioether (sulfide) groups is 1. The van der Waals surface area contributed by atoms with Gasteiger partial charge < -0.3 is 5.11 Å². The molecule has 0 aliphatic carbocycles. The highest BCUT2D eigenvalue weighted by atomic mass is 35.5. The second kappa shape index (κ2) is 7.03. The second-order valence-corrected chi connectivity index (χ2v) is 7.23. The highest BCUT2D eigenvalue weighted by Crippen LogP contribution is 2.36. The Morgan fingerprint density at radius 3 is 2.56 bits per heavy atom. The summed E-state index contributed by atoms with van der Waals surface area (Å²) >= 11 is 12.8. The minimum Gasteiger partial charge on any atom is -0.478 e. The molecule has 0 radical (unpaired) electrons. The zero-order valence-corrected chi connectivity index (χ0v) is 14.8. The van der Waals surface area contributed by atoms with Crippen LogP contribution in [0.2, 0.25) is 10.0 Å². The van der Waals surface area contributed by atoms with Crippen LogP contribution in [-0.4, -0.2) is 33.1 Å². The number of carbonyl (C=O) groups is 3. The Morgan fingerprint density at radius 2 is 1.92 bits per heavy atom. The molecular formula is C16H10Cl2N2O4S. The number of benzene rings is 1. The van der Waals surface area contributed by atoms with Gasteiger partial charge in [-0.05, 0) is 30.3 Å². The van der Waals surface area contributed by atoms with Crippen LogP contribution in [-0.2, 0) is 9.59 Å². The van der Waals surface area contributed by atoms with Gasteiger partial charge in [0.1, 0.15) is 5.03 Å². The Kier molecular flexibility index (Phi) is 4.99. The summed E-state index contributed by atoms with van der Waals surface area (Å²) in [5.74, 6) is -2.02. The van der Waals surface area contributed by atoms with E-state index in [0.29, 0.717) is 10.0 Å². The van der Waals surface area contributed by atoms with Gasteiger partial charge in [-0.3, -0.25) is 9.59 Å². The lowest BCUT2D eigenvalue weighted by molar-refractivity contribution is -0.121. The van der Waals surface area contributed by atoms with E-state index in [1.165, 1.54) is 36.5 Å². The Balaban J connectivity index is 1.88. The van der Waals surface area contributed by atoms with Crippen LogP contribution in [0, 0.1) is 0 Å². The van der Waals surface area contributed by atoms with Gasteiger partial charge in [-0.15, -0.1) is 0 Å². The number of pyridine rings is 1. The Bertz CT molecular complexity index is 870. The first-order valence-electron chi connectivity index (χ1n) is 7.04. The van der Waals surface area contributed by atoms with E-state index in [9.17, 15) is 19.5 Å². The summed E-state index contributed by atoms with van der Waals surface area (Å²) < 4.78 is 0. The van der Waals surface area contributed by atoms with Gasteiger partial charge in [-0.25, -0.2) is 14.7 Å². The number of carbonyl (C=O) groups excluding carboxylic acids is 2. The summed E-state index contributed by atoms with van der Waals surface area (Å²) in [4.78, 5) is 41.2. The lowest BCUT2D eigenvalue weighted by Crippen LogP contribution is -2.31. The molecule has 1 atom stereocenters. The number of rotatable bonds is 4. The van der Waals surface area contributed by atoms with E-state index in [4.69, 9.17) is 23.2 Å². The van der Waals surface area contributed by atoms with Gasteiger partial charge in [-0.2, -0.15) is 0 Å². The van der Waals surface area contributed by atoms with Gasteiger partial charge >= 0.3 is 5.97 Å². The zero-order valence-electron chi connectivity index (χ0n) is 12.5. The van der Waals surface area contributed by atoms with E-state index in [0.717, 1.165) is 16.7 Å². The normalized spacial score (nSPS) is 17.2. The molecule has 2 aromatic rings. The van der Waals surface area contributed by atoms with Crippen molar-refractivity contribution in [2.75, 3.05) is 4.90 Å². The Hall–Kier alpha value is -2.09. The maximum absolute atomic E-state index is 12.6.